The van der Waals surface area contributed by atoms with Crippen LogP contribution < -0.4 is 14.8 Å². The molecular weight excluding hydrogens is 182 g/mol. The highest BCUT2D eigenvalue weighted by atomic mass is 16.5. The highest BCUT2D eigenvalue weighted by Gasteiger charge is 2.05. The van der Waals surface area contributed by atoms with Gasteiger partial charge < -0.3 is 14.8 Å². The first-order valence-electron chi connectivity index (χ1n) is 4.02. The maximum absolute atomic E-state index is 10.7. The van der Waals surface area contributed by atoms with E-state index in [1.54, 1.807) is 25.3 Å². The third kappa shape index (κ3) is 2.39. The van der Waals surface area contributed by atoms with E-state index in [1.807, 2.05) is 0 Å². The number of ether oxygens (including phenoxy) is 2. The molecule has 75 valence electrons. The van der Waals surface area contributed by atoms with E-state index in [-0.39, 0.29) is 5.91 Å². The number of nitrogens with one attached hydrogen (secondary N) is 1. The van der Waals surface area contributed by atoms with Crippen LogP contribution in [0.25, 0.3) is 0 Å². The lowest BCUT2D eigenvalue weighted by Crippen LogP contribution is -2.07. The van der Waals surface area contributed by atoms with Crippen LogP contribution in [-0.4, -0.2) is 20.1 Å². The van der Waals surface area contributed by atoms with Gasteiger partial charge in [-0.3, -0.25) is 4.79 Å². The molecule has 1 rings (SSSR count). The van der Waals surface area contributed by atoms with Gasteiger partial charge in [-0.25, -0.2) is 0 Å². The molecule has 0 spiro atoms. The summed E-state index contributed by atoms with van der Waals surface area (Å²) >= 11 is 0. The zero-order chi connectivity index (χ0) is 10.6. The molecule has 0 atom stereocenters. The lowest BCUT2D eigenvalue weighted by atomic mass is 10.2. The van der Waals surface area contributed by atoms with Crippen molar-refractivity contribution in [2.24, 2.45) is 0 Å². The Balaban J connectivity index is 2.98. The maximum atomic E-state index is 10.7. The van der Waals surface area contributed by atoms with Gasteiger partial charge in [0.15, 0.2) is 0 Å². The van der Waals surface area contributed by atoms with E-state index >= 15 is 0 Å². The van der Waals surface area contributed by atoms with Crippen LogP contribution in [0.3, 0.4) is 0 Å². The summed E-state index contributed by atoms with van der Waals surface area (Å²) in [6, 6.07) is 5.11. The van der Waals surface area contributed by atoms with Crippen LogP contribution in [0.5, 0.6) is 11.5 Å². The Hall–Kier alpha value is -1.71. The van der Waals surface area contributed by atoms with E-state index in [9.17, 15) is 4.79 Å². The van der Waals surface area contributed by atoms with E-state index in [2.05, 4.69) is 12.2 Å². The van der Waals surface area contributed by atoms with Crippen molar-refractivity contribution in [1.82, 2.24) is 0 Å². The third-order valence-corrected chi connectivity index (χ3v) is 1.68. The molecule has 1 N–H and O–H groups in total. The Kier molecular flexibility index (Phi) is 3.34. The largest absolute Gasteiger partial charge is 0.497 e. The fourth-order valence-corrected chi connectivity index (χ4v) is 1.05. The van der Waals surface area contributed by atoms with E-state index in [1.165, 1.54) is 7.11 Å². The van der Waals surface area contributed by atoms with Crippen LogP contribution in [-0.2, 0) is 4.79 Å². The summed E-state index contributed by atoms with van der Waals surface area (Å²) in [4.78, 5) is 10.7. The van der Waals surface area contributed by atoms with Gasteiger partial charge >= 0.3 is 0 Å². The Labute approximate surface area is 82.8 Å². The minimum absolute atomic E-state index is 0.381. The fraction of sp³-hybridized carbons (Fsp3) is 0.200. The van der Waals surface area contributed by atoms with Crippen LogP contribution in [0.2, 0.25) is 0 Å². The van der Waals surface area contributed by atoms with Crippen molar-refractivity contribution in [1.29, 1.82) is 0 Å². The molecule has 0 aliphatic heterocycles. The number of carbonyl (C=O) groups is 1. The van der Waals surface area contributed by atoms with Crippen molar-refractivity contribution in [2.75, 3.05) is 19.5 Å². The Morgan fingerprint density at radius 3 is 2.57 bits per heavy atom. The Bertz CT molecular complexity index is 336. The van der Waals surface area contributed by atoms with Crippen molar-refractivity contribution in [3.63, 3.8) is 0 Å². The minimum Gasteiger partial charge on any atom is -0.497 e. The lowest BCUT2D eigenvalue weighted by molar-refractivity contribution is -0.112. The molecule has 4 nitrogen and oxygen atoms in total. The summed E-state index contributed by atoms with van der Waals surface area (Å²) in [5, 5.41) is 2.55. The van der Waals surface area contributed by atoms with Gasteiger partial charge in [-0.2, -0.15) is 0 Å². The summed E-state index contributed by atoms with van der Waals surface area (Å²) in [6.45, 7) is 3.21. The molecule has 0 aliphatic rings. The molecule has 1 amide bonds. The maximum Gasteiger partial charge on any atom is 0.224 e. The minimum atomic E-state index is -0.381. The van der Waals surface area contributed by atoms with Crippen LogP contribution in [0.1, 0.15) is 0 Å². The van der Waals surface area contributed by atoms with Gasteiger partial charge in [0, 0.05) is 13.0 Å². The Morgan fingerprint density at radius 1 is 1.36 bits per heavy atom. The van der Waals surface area contributed by atoms with E-state index in [4.69, 9.17) is 9.47 Å². The van der Waals surface area contributed by atoms with Crippen molar-refractivity contribution in [2.45, 2.75) is 0 Å². The van der Waals surface area contributed by atoms with Gasteiger partial charge in [0.25, 0.3) is 0 Å². The topological polar surface area (TPSA) is 47.6 Å². The summed E-state index contributed by atoms with van der Waals surface area (Å²) in [5.74, 6) is 0.832. The number of benzene rings is 1. The molecule has 14 heavy (non-hydrogen) atoms. The van der Waals surface area contributed by atoms with E-state index in [0.29, 0.717) is 17.2 Å². The standard InChI is InChI=1S/C10H12NO3/c1-7(12)11-9-5-4-8(13-2)6-10(9)14-3/h4-6H,1H2,2-3H3,(H,11,12). The second kappa shape index (κ2) is 4.50. The molecule has 0 bridgehead atoms. The van der Waals surface area contributed by atoms with Crippen LogP contribution in [0, 0.1) is 6.92 Å². The number of carbonyl (C=O) groups excluding carboxylic acids is 1. The fourth-order valence-electron chi connectivity index (χ4n) is 1.05. The number of methoxy groups -OCH3 is 2. The molecule has 0 aliphatic carbocycles. The second-order valence-electron chi connectivity index (χ2n) is 2.61. The molecule has 0 heterocycles. The molecule has 1 aromatic rings. The quantitative estimate of drug-likeness (QED) is 0.792. The summed E-state index contributed by atoms with van der Waals surface area (Å²) < 4.78 is 10.1. The molecule has 0 saturated heterocycles. The SMILES string of the molecule is [CH2]C(=O)Nc1ccc(OC)cc1OC. The molecular formula is C10H12NO3. The number of hydrogen-bond acceptors (Lipinski definition) is 3. The summed E-state index contributed by atoms with van der Waals surface area (Å²) in [7, 11) is 3.09. The van der Waals surface area contributed by atoms with Crippen LogP contribution in [0.15, 0.2) is 18.2 Å². The molecule has 0 saturated carbocycles. The average molecular weight is 194 g/mol. The summed E-state index contributed by atoms with van der Waals surface area (Å²) in [5.41, 5.74) is 0.577. The van der Waals surface area contributed by atoms with Crippen molar-refractivity contribution in [3.05, 3.63) is 25.1 Å². The third-order valence-electron chi connectivity index (χ3n) is 1.68. The van der Waals surface area contributed by atoms with Crippen molar-refractivity contribution in [3.8, 4) is 11.5 Å². The van der Waals surface area contributed by atoms with Gasteiger partial charge in [-0.05, 0) is 12.1 Å². The number of amides is 1. The molecule has 0 unspecified atom stereocenters. The second-order valence-corrected chi connectivity index (χ2v) is 2.61. The zero-order valence-corrected chi connectivity index (χ0v) is 8.16. The normalized spacial score (nSPS) is 9.36. The molecule has 4 heteroatoms. The van der Waals surface area contributed by atoms with Gasteiger partial charge in [0.05, 0.1) is 19.9 Å². The van der Waals surface area contributed by atoms with Crippen LogP contribution >= 0.6 is 0 Å². The van der Waals surface area contributed by atoms with E-state index in [0.717, 1.165) is 0 Å². The highest BCUT2D eigenvalue weighted by Crippen LogP contribution is 2.28. The smallest absolute Gasteiger partial charge is 0.224 e. The van der Waals surface area contributed by atoms with Gasteiger partial charge in [-0.1, -0.05) is 0 Å². The van der Waals surface area contributed by atoms with Gasteiger partial charge in [0.2, 0.25) is 5.91 Å². The number of rotatable bonds is 3. The highest BCUT2D eigenvalue weighted by molar-refractivity contribution is 5.95. The lowest BCUT2D eigenvalue weighted by Gasteiger charge is -2.09. The predicted molar refractivity (Wildman–Crippen MR) is 53.5 cm³/mol. The molecule has 0 aromatic heterocycles. The first kappa shape index (κ1) is 10.4. The first-order valence-corrected chi connectivity index (χ1v) is 4.02. The monoisotopic (exact) mass is 194 g/mol. The number of anilines is 1. The van der Waals surface area contributed by atoms with Gasteiger partial charge in [-0.15, -0.1) is 0 Å². The van der Waals surface area contributed by atoms with Crippen molar-refractivity contribution < 1.29 is 14.3 Å². The average Bonchev–Trinajstić information content (AvgIpc) is 2.17. The predicted octanol–water partition coefficient (Wildman–Crippen LogP) is 1.48. The first-order chi connectivity index (χ1) is 6.67. The van der Waals surface area contributed by atoms with E-state index < -0.39 is 0 Å². The van der Waals surface area contributed by atoms with Crippen LogP contribution in [0.4, 0.5) is 5.69 Å². The Morgan fingerprint density at radius 2 is 2.07 bits per heavy atom. The summed E-state index contributed by atoms with van der Waals surface area (Å²) in [6.07, 6.45) is 0. The van der Waals surface area contributed by atoms with Gasteiger partial charge in [0.1, 0.15) is 11.5 Å². The molecule has 1 aromatic carbocycles. The molecule has 1 radical (unpaired) electrons. The van der Waals surface area contributed by atoms with Crippen molar-refractivity contribution >= 4 is 11.6 Å². The number of hydrogen-bond donors (Lipinski definition) is 1. The molecule has 0 fully saturated rings. The zero-order valence-electron chi connectivity index (χ0n) is 8.16.